The highest BCUT2D eigenvalue weighted by Gasteiger charge is 2.32. The highest BCUT2D eigenvalue weighted by atomic mass is 16.5. The second kappa shape index (κ2) is 7.20. The van der Waals surface area contributed by atoms with E-state index in [0.717, 1.165) is 0 Å². The molecule has 3 N–H and O–H groups in total. The molecule has 0 aromatic rings. The van der Waals surface area contributed by atoms with Crippen molar-refractivity contribution in [3.05, 3.63) is 0 Å². The molecule has 0 aliphatic rings. The number of hydrogen-bond donors (Lipinski definition) is 3. The van der Waals surface area contributed by atoms with Crippen molar-refractivity contribution in [1.82, 2.24) is 10.6 Å². The number of ether oxygens (including phenoxy) is 1. The van der Waals surface area contributed by atoms with Gasteiger partial charge in [-0.1, -0.05) is 20.8 Å². The Morgan fingerprint density at radius 3 is 2.22 bits per heavy atom. The number of carboxylic acids is 1. The predicted molar refractivity (Wildman–Crippen MR) is 68.5 cm³/mol. The normalized spacial score (nSPS) is 14.7. The summed E-state index contributed by atoms with van der Waals surface area (Å²) in [5.74, 6) is -1.05. The zero-order chi connectivity index (χ0) is 14.3. The van der Waals surface area contributed by atoms with Gasteiger partial charge in [0.2, 0.25) is 0 Å². The van der Waals surface area contributed by atoms with Crippen molar-refractivity contribution in [2.75, 3.05) is 13.2 Å². The molecule has 0 saturated carbocycles. The Bertz CT molecular complexity index is 286. The van der Waals surface area contributed by atoms with E-state index in [1.54, 1.807) is 27.7 Å². The van der Waals surface area contributed by atoms with Crippen LogP contribution in [-0.4, -0.2) is 42.4 Å². The van der Waals surface area contributed by atoms with E-state index in [1.807, 2.05) is 6.92 Å². The van der Waals surface area contributed by atoms with Crippen LogP contribution in [0.15, 0.2) is 0 Å². The topological polar surface area (TPSA) is 87.7 Å². The van der Waals surface area contributed by atoms with Crippen LogP contribution in [0.3, 0.4) is 0 Å². The molecule has 1 unspecified atom stereocenters. The summed E-state index contributed by atoms with van der Waals surface area (Å²) in [6, 6.07) is -1.60. The maximum Gasteiger partial charge on any atom is 0.326 e. The van der Waals surface area contributed by atoms with Gasteiger partial charge < -0.3 is 20.5 Å². The monoisotopic (exact) mass is 260 g/mol. The van der Waals surface area contributed by atoms with Gasteiger partial charge in [-0.25, -0.2) is 9.59 Å². The van der Waals surface area contributed by atoms with Gasteiger partial charge in [-0.15, -0.1) is 0 Å². The predicted octanol–water partition coefficient (Wildman–Crippen LogP) is 1.21. The van der Waals surface area contributed by atoms with Crippen molar-refractivity contribution in [2.24, 2.45) is 5.41 Å². The van der Waals surface area contributed by atoms with E-state index >= 15 is 0 Å². The maximum atomic E-state index is 11.6. The van der Waals surface area contributed by atoms with Gasteiger partial charge in [-0.05, 0) is 19.3 Å². The molecule has 2 atom stereocenters. The molecule has 2 amide bonds. The summed E-state index contributed by atoms with van der Waals surface area (Å²) in [5.41, 5.74) is -0.549. The minimum atomic E-state index is -1.05. The number of urea groups is 1. The average molecular weight is 260 g/mol. The van der Waals surface area contributed by atoms with Crippen LogP contribution in [0.2, 0.25) is 0 Å². The van der Waals surface area contributed by atoms with Gasteiger partial charge in [0, 0.05) is 6.61 Å². The zero-order valence-electron chi connectivity index (χ0n) is 11.7. The Morgan fingerprint density at radius 2 is 1.83 bits per heavy atom. The number of aliphatic carboxylic acids is 1. The van der Waals surface area contributed by atoms with Gasteiger partial charge in [-0.2, -0.15) is 0 Å². The molecular formula is C12H24N2O4. The molecule has 0 fully saturated rings. The third-order valence-corrected chi connectivity index (χ3v) is 2.34. The quantitative estimate of drug-likeness (QED) is 0.670. The van der Waals surface area contributed by atoms with Crippen molar-refractivity contribution in [3.8, 4) is 0 Å². The largest absolute Gasteiger partial charge is 0.480 e. The molecule has 0 aliphatic heterocycles. The smallest absolute Gasteiger partial charge is 0.326 e. The van der Waals surface area contributed by atoms with Crippen molar-refractivity contribution >= 4 is 12.0 Å². The Labute approximate surface area is 108 Å². The van der Waals surface area contributed by atoms with Gasteiger partial charge in [0.05, 0.1) is 12.6 Å². The first kappa shape index (κ1) is 16.7. The van der Waals surface area contributed by atoms with Crippen LogP contribution < -0.4 is 10.6 Å². The summed E-state index contributed by atoms with van der Waals surface area (Å²) >= 11 is 0. The Hall–Kier alpha value is -1.30. The number of carboxylic acid groups (broad SMARTS) is 1. The summed E-state index contributed by atoms with van der Waals surface area (Å²) in [4.78, 5) is 22.7. The number of carbonyl (C=O) groups excluding carboxylic acids is 1. The fourth-order valence-electron chi connectivity index (χ4n) is 1.38. The van der Waals surface area contributed by atoms with Crippen molar-refractivity contribution in [2.45, 2.75) is 46.7 Å². The van der Waals surface area contributed by atoms with E-state index in [4.69, 9.17) is 9.84 Å². The minimum absolute atomic E-state index is 0.167. The number of nitrogens with one attached hydrogen (secondary N) is 2. The molecule has 0 heterocycles. The molecule has 0 bridgehead atoms. The van der Waals surface area contributed by atoms with Gasteiger partial charge in [0.25, 0.3) is 0 Å². The SMILES string of the molecule is CCOCC(C)NC(=O)N[C@@H](C(=O)O)C(C)(C)C. The summed E-state index contributed by atoms with van der Waals surface area (Å²) in [5, 5.41) is 14.2. The van der Waals surface area contributed by atoms with Gasteiger partial charge in [-0.3, -0.25) is 0 Å². The Balaban J connectivity index is 4.31. The van der Waals surface area contributed by atoms with Gasteiger partial charge in [0.15, 0.2) is 0 Å². The van der Waals surface area contributed by atoms with E-state index < -0.39 is 23.5 Å². The minimum Gasteiger partial charge on any atom is -0.480 e. The fourth-order valence-corrected chi connectivity index (χ4v) is 1.38. The number of carbonyl (C=O) groups is 2. The third kappa shape index (κ3) is 6.44. The first-order chi connectivity index (χ1) is 8.18. The van der Waals surface area contributed by atoms with Crippen LogP contribution in [0.5, 0.6) is 0 Å². The zero-order valence-corrected chi connectivity index (χ0v) is 11.7. The first-order valence-corrected chi connectivity index (χ1v) is 6.06. The van der Waals surface area contributed by atoms with Crippen LogP contribution in [-0.2, 0) is 9.53 Å². The lowest BCUT2D eigenvalue weighted by Crippen LogP contribution is -2.54. The Morgan fingerprint density at radius 1 is 1.28 bits per heavy atom. The fraction of sp³-hybridized carbons (Fsp3) is 0.833. The van der Waals surface area contributed by atoms with Crippen LogP contribution in [0.4, 0.5) is 4.79 Å². The lowest BCUT2D eigenvalue weighted by molar-refractivity contribution is -0.141. The van der Waals surface area contributed by atoms with Gasteiger partial charge >= 0.3 is 12.0 Å². The highest BCUT2D eigenvalue weighted by Crippen LogP contribution is 2.19. The van der Waals surface area contributed by atoms with E-state index in [2.05, 4.69) is 10.6 Å². The second-order valence-electron chi connectivity index (χ2n) is 5.32. The van der Waals surface area contributed by atoms with Crippen LogP contribution in [0, 0.1) is 5.41 Å². The molecule has 106 valence electrons. The van der Waals surface area contributed by atoms with Crippen molar-refractivity contribution in [1.29, 1.82) is 0 Å². The van der Waals surface area contributed by atoms with E-state index in [9.17, 15) is 9.59 Å². The first-order valence-electron chi connectivity index (χ1n) is 6.06. The molecule has 0 saturated heterocycles. The van der Waals surface area contributed by atoms with Crippen LogP contribution in [0.1, 0.15) is 34.6 Å². The van der Waals surface area contributed by atoms with E-state index in [0.29, 0.717) is 13.2 Å². The summed E-state index contributed by atoms with van der Waals surface area (Å²) in [6.07, 6.45) is 0. The number of rotatable bonds is 6. The van der Waals surface area contributed by atoms with Crippen molar-refractivity contribution in [3.63, 3.8) is 0 Å². The Kier molecular flexibility index (Phi) is 6.68. The molecule has 18 heavy (non-hydrogen) atoms. The lowest BCUT2D eigenvalue weighted by atomic mass is 9.87. The number of amides is 2. The highest BCUT2D eigenvalue weighted by molar-refractivity contribution is 5.83. The van der Waals surface area contributed by atoms with Crippen LogP contribution >= 0.6 is 0 Å². The molecule has 0 aliphatic carbocycles. The molecule has 0 spiro atoms. The summed E-state index contributed by atoms with van der Waals surface area (Å²) in [7, 11) is 0. The number of hydrogen-bond acceptors (Lipinski definition) is 3. The molecule has 6 nitrogen and oxygen atoms in total. The average Bonchev–Trinajstić information content (AvgIpc) is 2.21. The third-order valence-electron chi connectivity index (χ3n) is 2.34. The van der Waals surface area contributed by atoms with Crippen molar-refractivity contribution < 1.29 is 19.4 Å². The maximum absolute atomic E-state index is 11.6. The molecule has 0 aromatic carbocycles. The van der Waals surface area contributed by atoms with E-state index in [1.165, 1.54) is 0 Å². The second-order valence-corrected chi connectivity index (χ2v) is 5.32. The lowest BCUT2D eigenvalue weighted by Gasteiger charge is -2.28. The van der Waals surface area contributed by atoms with Gasteiger partial charge in [0.1, 0.15) is 6.04 Å². The summed E-state index contributed by atoms with van der Waals surface area (Å²) in [6.45, 7) is 9.92. The molecule has 6 heteroatoms. The molecular weight excluding hydrogens is 236 g/mol. The molecule has 0 radical (unpaired) electrons. The summed E-state index contributed by atoms with van der Waals surface area (Å²) < 4.78 is 5.16. The molecule has 0 aromatic heterocycles. The van der Waals surface area contributed by atoms with Crippen LogP contribution in [0.25, 0.3) is 0 Å². The molecule has 0 rings (SSSR count). The van der Waals surface area contributed by atoms with E-state index in [-0.39, 0.29) is 6.04 Å². The standard InChI is InChI=1S/C12H24N2O4/c1-6-18-7-8(2)13-11(17)14-9(10(15)16)12(3,4)5/h8-9H,6-7H2,1-5H3,(H,15,16)(H2,13,14,17)/t8?,9-/m0/s1.